The van der Waals surface area contributed by atoms with Crippen molar-refractivity contribution in [3.05, 3.63) is 0 Å². The van der Waals surface area contributed by atoms with E-state index in [-0.39, 0.29) is 0 Å². The van der Waals surface area contributed by atoms with E-state index in [1.54, 1.807) is 7.11 Å². The van der Waals surface area contributed by atoms with E-state index in [1.807, 2.05) is 7.05 Å². The third-order valence-corrected chi connectivity index (χ3v) is 3.96. The lowest BCUT2D eigenvalue weighted by molar-refractivity contribution is 0.0599. The zero-order valence-corrected chi connectivity index (χ0v) is 12.8. The summed E-state index contributed by atoms with van der Waals surface area (Å²) in [7, 11) is 3.56. The fourth-order valence-electron chi connectivity index (χ4n) is 2.82. The molecule has 1 atom stereocenters. The van der Waals surface area contributed by atoms with E-state index in [9.17, 15) is 0 Å². The zero-order valence-electron chi connectivity index (χ0n) is 12.8. The summed E-state index contributed by atoms with van der Waals surface area (Å²) in [5.41, 5.74) is 0. The van der Waals surface area contributed by atoms with Crippen molar-refractivity contribution >= 4 is 5.96 Å². The second-order valence-electron chi connectivity index (χ2n) is 5.39. The Kier molecular flexibility index (Phi) is 6.56. The van der Waals surface area contributed by atoms with E-state index in [4.69, 9.17) is 9.47 Å². The van der Waals surface area contributed by atoms with Gasteiger partial charge in [-0.1, -0.05) is 0 Å². The molecular formula is C14H28N4O2. The third kappa shape index (κ3) is 4.61. The number of nitrogens with one attached hydrogen (secondary N) is 1. The number of nitrogens with zero attached hydrogens (tertiary/aromatic N) is 3. The molecule has 2 saturated heterocycles. The molecule has 0 spiro atoms. The predicted octanol–water partition coefficient (Wildman–Crippen LogP) is 0.00480. The Morgan fingerprint density at radius 2 is 2.15 bits per heavy atom. The summed E-state index contributed by atoms with van der Waals surface area (Å²) in [6.45, 7) is 7.77. The predicted molar refractivity (Wildman–Crippen MR) is 80.2 cm³/mol. The Morgan fingerprint density at radius 3 is 2.75 bits per heavy atom. The van der Waals surface area contributed by atoms with Crippen molar-refractivity contribution < 1.29 is 9.47 Å². The van der Waals surface area contributed by atoms with Crippen molar-refractivity contribution in [3.8, 4) is 0 Å². The molecule has 0 aliphatic carbocycles. The second-order valence-corrected chi connectivity index (χ2v) is 5.39. The highest BCUT2D eigenvalue weighted by Crippen LogP contribution is 2.14. The molecule has 0 radical (unpaired) electrons. The number of ether oxygens (including phenoxy) is 2. The van der Waals surface area contributed by atoms with E-state index >= 15 is 0 Å². The summed E-state index contributed by atoms with van der Waals surface area (Å²) in [5, 5.41) is 3.34. The molecule has 0 unspecified atom stereocenters. The summed E-state index contributed by atoms with van der Waals surface area (Å²) < 4.78 is 10.8. The summed E-state index contributed by atoms with van der Waals surface area (Å²) >= 11 is 0. The third-order valence-electron chi connectivity index (χ3n) is 3.96. The van der Waals surface area contributed by atoms with Gasteiger partial charge in [0.05, 0.1) is 12.7 Å². The maximum absolute atomic E-state index is 5.71. The molecule has 20 heavy (non-hydrogen) atoms. The standard InChI is InChI=1S/C14H28N4O2/c1-15-14(16-5-11-19-2)18-8-6-17(7-9-18)12-13-4-3-10-20-13/h13H,3-12H2,1-2H3,(H,15,16)/t13-/m0/s1. The van der Waals surface area contributed by atoms with Gasteiger partial charge in [-0.25, -0.2) is 0 Å². The highest BCUT2D eigenvalue weighted by Gasteiger charge is 2.23. The molecule has 0 bridgehead atoms. The number of piperazine rings is 1. The average molecular weight is 284 g/mol. The van der Waals surface area contributed by atoms with Crippen molar-refractivity contribution in [1.29, 1.82) is 0 Å². The Labute approximate surface area is 122 Å². The number of rotatable bonds is 5. The zero-order chi connectivity index (χ0) is 14.2. The fourth-order valence-corrected chi connectivity index (χ4v) is 2.82. The van der Waals surface area contributed by atoms with Crippen LogP contribution >= 0.6 is 0 Å². The summed E-state index contributed by atoms with van der Waals surface area (Å²) in [4.78, 5) is 9.17. The van der Waals surface area contributed by atoms with Gasteiger partial charge in [0.2, 0.25) is 0 Å². The first kappa shape index (κ1) is 15.5. The van der Waals surface area contributed by atoms with Crippen molar-refractivity contribution in [2.24, 2.45) is 4.99 Å². The lowest BCUT2D eigenvalue weighted by Crippen LogP contribution is -2.53. The maximum Gasteiger partial charge on any atom is 0.193 e. The lowest BCUT2D eigenvalue weighted by Gasteiger charge is -2.37. The summed E-state index contributed by atoms with van der Waals surface area (Å²) in [5.74, 6) is 0.985. The number of hydrogen-bond acceptors (Lipinski definition) is 4. The minimum atomic E-state index is 0.459. The van der Waals surface area contributed by atoms with E-state index in [2.05, 4.69) is 20.1 Å². The van der Waals surface area contributed by atoms with Gasteiger partial charge in [-0.2, -0.15) is 0 Å². The van der Waals surface area contributed by atoms with Gasteiger partial charge in [-0.3, -0.25) is 9.89 Å². The van der Waals surface area contributed by atoms with Crippen LogP contribution in [0.4, 0.5) is 0 Å². The molecule has 0 amide bonds. The lowest BCUT2D eigenvalue weighted by atomic mass is 10.2. The van der Waals surface area contributed by atoms with Crippen LogP contribution in [0.3, 0.4) is 0 Å². The first-order valence-corrected chi connectivity index (χ1v) is 7.62. The maximum atomic E-state index is 5.71. The van der Waals surface area contributed by atoms with Gasteiger partial charge in [0, 0.05) is 60.0 Å². The molecule has 2 heterocycles. The largest absolute Gasteiger partial charge is 0.383 e. The SMILES string of the molecule is CN=C(NCCOC)N1CCN(C[C@@H]2CCCO2)CC1. The monoisotopic (exact) mass is 284 g/mol. The molecule has 2 aliphatic heterocycles. The minimum Gasteiger partial charge on any atom is -0.383 e. The van der Waals surface area contributed by atoms with Crippen molar-refractivity contribution in [3.63, 3.8) is 0 Å². The number of guanidine groups is 1. The molecule has 1 N–H and O–H groups in total. The van der Waals surface area contributed by atoms with Crippen molar-refractivity contribution in [1.82, 2.24) is 15.1 Å². The van der Waals surface area contributed by atoms with E-state index in [0.29, 0.717) is 12.7 Å². The molecule has 2 aliphatic rings. The average Bonchev–Trinajstić information content (AvgIpc) is 2.98. The number of aliphatic imine (C=N–C) groups is 1. The van der Waals surface area contributed by atoms with E-state index in [0.717, 1.165) is 51.8 Å². The molecule has 116 valence electrons. The number of methoxy groups -OCH3 is 1. The molecule has 0 aromatic carbocycles. The van der Waals surface area contributed by atoms with Crippen LogP contribution in [0.1, 0.15) is 12.8 Å². The van der Waals surface area contributed by atoms with Gasteiger partial charge in [0.15, 0.2) is 5.96 Å². The van der Waals surface area contributed by atoms with Crippen LogP contribution in [0.2, 0.25) is 0 Å². The van der Waals surface area contributed by atoms with Crippen LogP contribution in [0.25, 0.3) is 0 Å². The number of hydrogen-bond donors (Lipinski definition) is 1. The molecule has 6 nitrogen and oxygen atoms in total. The Hall–Kier alpha value is -0.850. The van der Waals surface area contributed by atoms with Gasteiger partial charge in [0.1, 0.15) is 0 Å². The van der Waals surface area contributed by atoms with E-state index in [1.165, 1.54) is 12.8 Å². The molecule has 0 saturated carbocycles. The van der Waals surface area contributed by atoms with Crippen molar-refractivity contribution in [2.45, 2.75) is 18.9 Å². The molecule has 2 fully saturated rings. The first-order chi connectivity index (χ1) is 9.83. The summed E-state index contributed by atoms with van der Waals surface area (Å²) in [6, 6.07) is 0. The molecule has 2 rings (SSSR count). The van der Waals surface area contributed by atoms with Crippen LogP contribution in [-0.4, -0.2) is 88.5 Å². The second kappa shape index (κ2) is 8.44. The van der Waals surface area contributed by atoms with Gasteiger partial charge >= 0.3 is 0 Å². The van der Waals surface area contributed by atoms with Crippen molar-refractivity contribution in [2.75, 3.05) is 66.6 Å². The minimum absolute atomic E-state index is 0.459. The molecule has 0 aromatic rings. The highest BCUT2D eigenvalue weighted by molar-refractivity contribution is 5.79. The first-order valence-electron chi connectivity index (χ1n) is 7.62. The Morgan fingerprint density at radius 1 is 1.35 bits per heavy atom. The topological polar surface area (TPSA) is 49.3 Å². The van der Waals surface area contributed by atoms with E-state index < -0.39 is 0 Å². The quantitative estimate of drug-likeness (QED) is 0.438. The molecular weight excluding hydrogens is 256 g/mol. The Bertz CT molecular complexity index is 298. The van der Waals surface area contributed by atoms with Crippen LogP contribution in [-0.2, 0) is 9.47 Å². The molecule has 6 heteroatoms. The van der Waals surface area contributed by atoms with Gasteiger partial charge < -0.3 is 19.7 Å². The van der Waals surface area contributed by atoms with Crippen LogP contribution in [0.15, 0.2) is 4.99 Å². The molecule has 0 aromatic heterocycles. The summed E-state index contributed by atoms with van der Waals surface area (Å²) in [6.07, 6.45) is 2.90. The highest BCUT2D eigenvalue weighted by atomic mass is 16.5. The van der Waals surface area contributed by atoms with Gasteiger partial charge in [-0.05, 0) is 12.8 Å². The smallest absolute Gasteiger partial charge is 0.193 e. The normalized spacial score (nSPS) is 25.2. The van der Waals surface area contributed by atoms with Crippen LogP contribution in [0.5, 0.6) is 0 Å². The van der Waals surface area contributed by atoms with Gasteiger partial charge in [-0.15, -0.1) is 0 Å². The van der Waals surface area contributed by atoms with Gasteiger partial charge in [0.25, 0.3) is 0 Å². The van der Waals surface area contributed by atoms with Crippen LogP contribution < -0.4 is 5.32 Å². The Balaban J connectivity index is 1.69. The fraction of sp³-hybridized carbons (Fsp3) is 0.929. The van der Waals surface area contributed by atoms with Crippen LogP contribution in [0, 0.1) is 0 Å².